The van der Waals surface area contributed by atoms with Gasteiger partial charge in [0.2, 0.25) is 10.0 Å². The van der Waals surface area contributed by atoms with Crippen molar-refractivity contribution in [1.82, 2.24) is 9.21 Å². The summed E-state index contributed by atoms with van der Waals surface area (Å²) in [7, 11) is -3.22. The van der Waals surface area contributed by atoms with E-state index in [2.05, 4.69) is 4.90 Å². The zero-order chi connectivity index (χ0) is 19.4. The highest BCUT2D eigenvalue weighted by atomic mass is 32.2. The maximum Gasteiger partial charge on any atom is 0.214 e. The molecule has 2 aromatic rings. The van der Waals surface area contributed by atoms with Crippen molar-refractivity contribution in [2.75, 3.05) is 31.9 Å². The van der Waals surface area contributed by atoms with E-state index in [9.17, 15) is 17.2 Å². The van der Waals surface area contributed by atoms with Crippen LogP contribution in [0.2, 0.25) is 0 Å². The topological polar surface area (TPSA) is 40.6 Å². The predicted octanol–water partition coefficient (Wildman–Crippen LogP) is 3.41. The fourth-order valence-corrected chi connectivity index (χ4v) is 5.02. The molecule has 0 saturated carbocycles. The van der Waals surface area contributed by atoms with Crippen LogP contribution in [-0.4, -0.2) is 49.6 Å². The first-order valence-corrected chi connectivity index (χ1v) is 10.7. The summed E-state index contributed by atoms with van der Waals surface area (Å²) >= 11 is 0. The van der Waals surface area contributed by atoms with Gasteiger partial charge in [-0.15, -0.1) is 0 Å². The van der Waals surface area contributed by atoms with Gasteiger partial charge in [0, 0.05) is 26.2 Å². The Labute approximate surface area is 159 Å². The van der Waals surface area contributed by atoms with E-state index < -0.39 is 10.0 Å². The molecule has 1 aliphatic rings. The SMILES string of the molecule is CCCS(=O)(=O)N1CCN(C(c2ccc(F)cc2)c2ccc(F)cc2)CC1. The van der Waals surface area contributed by atoms with Crippen LogP contribution in [0.4, 0.5) is 8.78 Å². The van der Waals surface area contributed by atoms with Crippen LogP contribution < -0.4 is 0 Å². The quantitative estimate of drug-likeness (QED) is 0.754. The molecule has 0 N–H and O–H groups in total. The third-order valence-electron chi connectivity index (χ3n) is 4.87. The van der Waals surface area contributed by atoms with Crippen LogP contribution in [0.5, 0.6) is 0 Å². The monoisotopic (exact) mass is 394 g/mol. The largest absolute Gasteiger partial charge is 0.290 e. The normalized spacial score (nSPS) is 16.7. The summed E-state index contributed by atoms with van der Waals surface area (Å²) in [5.41, 5.74) is 1.79. The maximum atomic E-state index is 13.4. The Kier molecular flexibility index (Phi) is 6.24. The lowest BCUT2D eigenvalue weighted by Crippen LogP contribution is -2.50. The van der Waals surface area contributed by atoms with Gasteiger partial charge < -0.3 is 0 Å². The highest BCUT2D eigenvalue weighted by Gasteiger charge is 2.30. The average Bonchev–Trinajstić information content (AvgIpc) is 2.65. The van der Waals surface area contributed by atoms with Gasteiger partial charge in [0.05, 0.1) is 11.8 Å². The summed E-state index contributed by atoms with van der Waals surface area (Å²) in [5.74, 6) is -0.467. The van der Waals surface area contributed by atoms with Gasteiger partial charge in [0.1, 0.15) is 11.6 Å². The van der Waals surface area contributed by atoms with Gasteiger partial charge >= 0.3 is 0 Å². The first-order chi connectivity index (χ1) is 12.9. The van der Waals surface area contributed by atoms with Gasteiger partial charge in [-0.1, -0.05) is 31.2 Å². The van der Waals surface area contributed by atoms with Crippen LogP contribution in [0.1, 0.15) is 30.5 Å². The fraction of sp³-hybridized carbons (Fsp3) is 0.400. The minimum Gasteiger partial charge on any atom is -0.290 e. The fourth-order valence-electron chi connectivity index (χ4n) is 3.53. The number of benzene rings is 2. The van der Waals surface area contributed by atoms with E-state index in [1.54, 1.807) is 28.6 Å². The molecule has 0 aliphatic carbocycles. The molecule has 1 aliphatic heterocycles. The van der Waals surface area contributed by atoms with E-state index in [-0.39, 0.29) is 23.4 Å². The first-order valence-electron chi connectivity index (χ1n) is 9.13. The summed E-state index contributed by atoms with van der Waals surface area (Å²) in [6.07, 6.45) is 0.594. The molecule has 1 heterocycles. The molecule has 0 bridgehead atoms. The molecule has 1 saturated heterocycles. The number of piperazine rings is 1. The highest BCUT2D eigenvalue weighted by Crippen LogP contribution is 2.30. The standard InChI is InChI=1S/C20H24F2N2O2S/c1-2-15-27(25,26)24-13-11-23(12-14-24)20(16-3-7-18(21)8-4-16)17-5-9-19(22)10-6-17/h3-10,20H,2,11-15H2,1H3. The molecule has 0 atom stereocenters. The molecule has 0 amide bonds. The van der Waals surface area contributed by atoms with Crippen molar-refractivity contribution < 1.29 is 17.2 Å². The van der Waals surface area contributed by atoms with Crippen LogP contribution in [0, 0.1) is 11.6 Å². The molecule has 4 nitrogen and oxygen atoms in total. The van der Waals surface area contributed by atoms with E-state index in [0.29, 0.717) is 32.6 Å². The number of hydrogen-bond donors (Lipinski definition) is 0. The van der Waals surface area contributed by atoms with Gasteiger partial charge in [-0.05, 0) is 41.8 Å². The second-order valence-electron chi connectivity index (χ2n) is 6.76. The molecular weight excluding hydrogens is 370 g/mol. The number of hydrogen-bond acceptors (Lipinski definition) is 3. The Bertz CT molecular complexity index is 801. The minimum atomic E-state index is -3.22. The Balaban J connectivity index is 1.84. The molecule has 0 unspecified atom stereocenters. The summed E-state index contributed by atoms with van der Waals surface area (Å²) < 4.78 is 52.9. The molecule has 1 fully saturated rings. The molecule has 7 heteroatoms. The third kappa shape index (κ3) is 4.72. The van der Waals surface area contributed by atoms with Crippen LogP contribution in [0.3, 0.4) is 0 Å². The van der Waals surface area contributed by atoms with E-state index in [4.69, 9.17) is 0 Å². The van der Waals surface area contributed by atoms with Gasteiger partial charge in [0.25, 0.3) is 0 Å². The molecule has 0 spiro atoms. The van der Waals surface area contributed by atoms with E-state index in [1.807, 2.05) is 6.92 Å². The minimum absolute atomic E-state index is 0.159. The molecule has 0 aromatic heterocycles. The Morgan fingerprint density at radius 2 is 1.30 bits per heavy atom. The van der Waals surface area contributed by atoms with Crippen LogP contribution in [0.25, 0.3) is 0 Å². The van der Waals surface area contributed by atoms with Gasteiger partial charge in [0.15, 0.2) is 0 Å². The molecule has 2 aromatic carbocycles. The number of halogens is 2. The number of nitrogens with zero attached hydrogens (tertiary/aromatic N) is 2. The van der Waals surface area contributed by atoms with Crippen LogP contribution >= 0.6 is 0 Å². The average molecular weight is 394 g/mol. The molecule has 27 heavy (non-hydrogen) atoms. The molecule has 3 rings (SSSR count). The summed E-state index contributed by atoms with van der Waals surface area (Å²) in [5, 5.41) is 0. The van der Waals surface area contributed by atoms with Crippen molar-refractivity contribution in [1.29, 1.82) is 0 Å². The van der Waals surface area contributed by atoms with Crippen molar-refractivity contribution in [3.05, 3.63) is 71.3 Å². The zero-order valence-corrected chi connectivity index (χ0v) is 16.1. The second kappa shape index (κ2) is 8.46. The van der Waals surface area contributed by atoms with Crippen molar-refractivity contribution >= 4 is 10.0 Å². The number of sulfonamides is 1. The first kappa shape index (κ1) is 19.9. The lowest BCUT2D eigenvalue weighted by Gasteiger charge is -2.39. The lowest BCUT2D eigenvalue weighted by molar-refractivity contribution is 0.155. The van der Waals surface area contributed by atoms with Crippen molar-refractivity contribution in [3.8, 4) is 0 Å². The maximum absolute atomic E-state index is 13.4. The molecule has 146 valence electrons. The Morgan fingerprint density at radius 3 is 1.70 bits per heavy atom. The molecular formula is C20H24F2N2O2S. The Hall–Kier alpha value is -1.83. The summed E-state index contributed by atoms with van der Waals surface area (Å²) in [6.45, 7) is 3.81. The van der Waals surface area contributed by atoms with E-state index in [1.165, 1.54) is 24.3 Å². The number of rotatable bonds is 6. The summed E-state index contributed by atoms with van der Waals surface area (Å²) in [6, 6.07) is 12.4. The third-order valence-corrected chi connectivity index (χ3v) is 6.94. The predicted molar refractivity (Wildman–Crippen MR) is 102 cm³/mol. The van der Waals surface area contributed by atoms with Crippen LogP contribution in [-0.2, 0) is 10.0 Å². The molecule has 0 radical (unpaired) electrons. The van der Waals surface area contributed by atoms with Gasteiger partial charge in [-0.2, -0.15) is 4.31 Å². The lowest BCUT2D eigenvalue weighted by atomic mass is 9.96. The highest BCUT2D eigenvalue weighted by molar-refractivity contribution is 7.89. The van der Waals surface area contributed by atoms with Gasteiger partial charge in [-0.25, -0.2) is 17.2 Å². The van der Waals surface area contributed by atoms with Crippen molar-refractivity contribution in [2.45, 2.75) is 19.4 Å². The zero-order valence-electron chi connectivity index (χ0n) is 15.3. The van der Waals surface area contributed by atoms with E-state index in [0.717, 1.165) is 11.1 Å². The van der Waals surface area contributed by atoms with Crippen LogP contribution in [0.15, 0.2) is 48.5 Å². The van der Waals surface area contributed by atoms with E-state index >= 15 is 0 Å². The Morgan fingerprint density at radius 1 is 0.852 bits per heavy atom. The van der Waals surface area contributed by atoms with Crippen molar-refractivity contribution in [3.63, 3.8) is 0 Å². The smallest absolute Gasteiger partial charge is 0.214 e. The summed E-state index contributed by atoms with van der Waals surface area (Å²) in [4.78, 5) is 2.17. The second-order valence-corrected chi connectivity index (χ2v) is 8.85. The van der Waals surface area contributed by atoms with Gasteiger partial charge in [-0.3, -0.25) is 4.90 Å². The van der Waals surface area contributed by atoms with Crippen molar-refractivity contribution in [2.24, 2.45) is 0 Å².